The monoisotopic (exact) mass is 301 g/mol. The van der Waals surface area contributed by atoms with Crippen LogP contribution in [0.4, 0.5) is 5.82 Å². The molecular weight excluding hydrogens is 286 g/mol. The number of aromatic nitrogens is 2. The molecule has 0 aliphatic rings. The molecule has 0 aliphatic heterocycles. The average Bonchev–Trinajstić information content (AvgIpc) is 2.92. The number of hydrogen-bond acceptors (Lipinski definition) is 6. The van der Waals surface area contributed by atoms with Crippen molar-refractivity contribution in [3.8, 4) is 22.9 Å². The molecule has 0 saturated heterocycles. The Morgan fingerprint density at radius 3 is 2.38 bits per heavy atom. The van der Waals surface area contributed by atoms with Crippen LogP contribution in [0.2, 0.25) is 0 Å². The third kappa shape index (κ3) is 2.27. The minimum Gasteiger partial charge on any atom is -0.493 e. The van der Waals surface area contributed by atoms with E-state index in [1.54, 1.807) is 31.6 Å². The predicted molar refractivity (Wildman–Crippen MR) is 85.1 cm³/mol. The Bertz CT molecular complexity index is 814. The van der Waals surface area contributed by atoms with Gasteiger partial charge in [0.2, 0.25) is 0 Å². The van der Waals surface area contributed by atoms with E-state index < -0.39 is 0 Å². The second kappa shape index (κ2) is 5.21. The van der Waals surface area contributed by atoms with Crippen molar-refractivity contribution in [3.05, 3.63) is 28.5 Å². The van der Waals surface area contributed by atoms with Crippen molar-refractivity contribution in [3.63, 3.8) is 0 Å². The molecule has 2 heterocycles. The van der Waals surface area contributed by atoms with Crippen molar-refractivity contribution in [1.82, 2.24) is 9.97 Å². The van der Waals surface area contributed by atoms with Gasteiger partial charge in [0.1, 0.15) is 5.82 Å². The maximum absolute atomic E-state index is 6.08. The van der Waals surface area contributed by atoms with Crippen LogP contribution in [0.15, 0.2) is 22.9 Å². The Morgan fingerprint density at radius 1 is 1.05 bits per heavy atom. The molecule has 0 atom stereocenters. The summed E-state index contributed by atoms with van der Waals surface area (Å²) in [6.07, 6.45) is 0. The highest BCUT2D eigenvalue weighted by atomic mass is 32.1. The van der Waals surface area contributed by atoms with E-state index >= 15 is 0 Å². The van der Waals surface area contributed by atoms with Crippen molar-refractivity contribution >= 4 is 28.1 Å². The Balaban J connectivity index is 2.26. The number of methoxy groups -OCH3 is 2. The third-order valence-corrected chi connectivity index (χ3v) is 4.19. The number of benzene rings is 1. The Labute approximate surface area is 126 Å². The molecule has 0 aliphatic carbocycles. The van der Waals surface area contributed by atoms with Gasteiger partial charge in [-0.15, -0.1) is 0 Å². The highest BCUT2D eigenvalue weighted by molar-refractivity contribution is 7.08. The third-order valence-electron chi connectivity index (χ3n) is 3.33. The molecule has 0 bridgehead atoms. The van der Waals surface area contributed by atoms with Crippen molar-refractivity contribution in [1.29, 1.82) is 0 Å². The van der Waals surface area contributed by atoms with Gasteiger partial charge in [-0.25, -0.2) is 9.97 Å². The van der Waals surface area contributed by atoms with Crippen LogP contribution in [-0.4, -0.2) is 24.2 Å². The number of fused-ring (bicyclic) bond motifs is 1. The lowest BCUT2D eigenvalue weighted by Gasteiger charge is -2.11. The van der Waals surface area contributed by atoms with E-state index in [9.17, 15) is 0 Å². The molecule has 108 valence electrons. The standard InChI is InChI=1S/C15H15N3O2S/c1-8-6-21-7-10(8)15-17-11-5-13(20-3)12(19-2)4-9(11)14(16)18-15/h4-7H,1-3H3,(H2,16,17,18). The number of rotatable bonds is 3. The normalized spacial score (nSPS) is 10.8. The van der Waals surface area contributed by atoms with Gasteiger partial charge in [0.25, 0.3) is 0 Å². The van der Waals surface area contributed by atoms with Crippen LogP contribution in [0.5, 0.6) is 11.5 Å². The minimum atomic E-state index is 0.432. The van der Waals surface area contributed by atoms with E-state index in [2.05, 4.69) is 15.3 Å². The molecule has 21 heavy (non-hydrogen) atoms. The number of anilines is 1. The van der Waals surface area contributed by atoms with E-state index in [4.69, 9.17) is 15.2 Å². The maximum atomic E-state index is 6.08. The Hall–Kier alpha value is -2.34. The molecule has 0 fully saturated rings. The number of hydrogen-bond donors (Lipinski definition) is 1. The van der Waals surface area contributed by atoms with E-state index in [1.807, 2.05) is 18.4 Å². The van der Waals surface area contributed by atoms with Crippen LogP contribution in [0, 0.1) is 6.92 Å². The maximum Gasteiger partial charge on any atom is 0.163 e. The van der Waals surface area contributed by atoms with Gasteiger partial charge in [-0.05, 0) is 23.9 Å². The number of nitrogens with zero attached hydrogens (tertiary/aromatic N) is 2. The van der Waals surface area contributed by atoms with Crippen molar-refractivity contribution in [2.75, 3.05) is 20.0 Å². The number of thiophene rings is 1. The van der Waals surface area contributed by atoms with Crippen LogP contribution < -0.4 is 15.2 Å². The molecule has 3 aromatic rings. The summed E-state index contributed by atoms with van der Waals surface area (Å²) in [5, 5.41) is 4.84. The minimum absolute atomic E-state index is 0.432. The lowest BCUT2D eigenvalue weighted by Crippen LogP contribution is -1.99. The fourth-order valence-corrected chi connectivity index (χ4v) is 3.02. The van der Waals surface area contributed by atoms with Gasteiger partial charge in [0, 0.05) is 22.4 Å². The van der Waals surface area contributed by atoms with E-state index in [0.29, 0.717) is 23.1 Å². The fourth-order valence-electron chi connectivity index (χ4n) is 2.19. The van der Waals surface area contributed by atoms with Crippen molar-refractivity contribution in [2.24, 2.45) is 0 Å². The van der Waals surface area contributed by atoms with Crippen LogP contribution in [0.3, 0.4) is 0 Å². The SMILES string of the molecule is COc1cc2nc(-c3cscc3C)nc(N)c2cc1OC. The van der Waals surface area contributed by atoms with Gasteiger partial charge in [-0.2, -0.15) is 11.3 Å². The quantitative estimate of drug-likeness (QED) is 0.804. The summed E-state index contributed by atoms with van der Waals surface area (Å²) in [4.78, 5) is 9.02. The number of nitrogens with two attached hydrogens (primary N) is 1. The fraction of sp³-hybridized carbons (Fsp3) is 0.200. The molecule has 0 amide bonds. The summed E-state index contributed by atoms with van der Waals surface area (Å²) in [5.74, 6) is 2.29. The van der Waals surface area contributed by atoms with Crippen LogP contribution in [0.1, 0.15) is 5.56 Å². The summed E-state index contributed by atoms with van der Waals surface area (Å²) in [6, 6.07) is 3.62. The molecular formula is C15H15N3O2S. The van der Waals surface area contributed by atoms with Gasteiger partial charge in [-0.1, -0.05) is 0 Å². The lowest BCUT2D eigenvalue weighted by atomic mass is 10.1. The van der Waals surface area contributed by atoms with E-state index in [1.165, 1.54) is 0 Å². The summed E-state index contributed by atoms with van der Waals surface area (Å²) in [7, 11) is 3.18. The van der Waals surface area contributed by atoms with Crippen LogP contribution in [-0.2, 0) is 0 Å². The number of nitrogen functional groups attached to an aromatic ring is 1. The number of aryl methyl sites for hydroxylation is 1. The predicted octanol–water partition coefficient (Wildman–Crippen LogP) is 3.27. The van der Waals surface area contributed by atoms with Crippen LogP contribution >= 0.6 is 11.3 Å². The first-order chi connectivity index (χ1) is 10.1. The molecule has 3 rings (SSSR count). The molecule has 2 aromatic heterocycles. The molecule has 1 aromatic carbocycles. The average molecular weight is 301 g/mol. The van der Waals surface area contributed by atoms with Gasteiger partial charge < -0.3 is 15.2 Å². The molecule has 6 heteroatoms. The van der Waals surface area contributed by atoms with Gasteiger partial charge >= 0.3 is 0 Å². The molecule has 0 spiro atoms. The zero-order chi connectivity index (χ0) is 15.0. The second-order valence-corrected chi connectivity index (χ2v) is 5.37. The molecule has 0 unspecified atom stereocenters. The first kappa shape index (κ1) is 13.6. The highest BCUT2D eigenvalue weighted by Gasteiger charge is 2.13. The molecule has 2 N–H and O–H groups in total. The molecule has 0 saturated carbocycles. The van der Waals surface area contributed by atoms with Crippen LogP contribution in [0.25, 0.3) is 22.3 Å². The smallest absolute Gasteiger partial charge is 0.163 e. The largest absolute Gasteiger partial charge is 0.493 e. The molecule has 0 radical (unpaired) electrons. The van der Waals surface area contributed by atoms with Crippen molar-refractivity contribution < 1.29 is 9.47 Å². The van der Waals surface area contributed by atoms with E-state index in [0.717, 1.165) is 22.0 Å². The van der Waals surface area contributed by atoms with Gasteiger partial charge in [0.05, 0.1) is 19.7 Å². The Kier molecular flexibility index (Phi) is 3.39. The zero-order valence-corrected chi connectivity index (χ0v) is 12.8. The topological polar surface area (TPSA) is 70.3 Å². The molecule has 5 nitrogen and oxygen atoms in total. The summed E-state index contributed by atoms with van der Waals surface area (Å²) < 4.78 is 10.6. The summed E-state index contributed by atoms with van der Waals surface area (Å²) in [6.45, 7) is 2.03. The number of ether oxygens (including phenoxy) is 2. The highest BCUT2D eigenvalue weighted by Crippen LogP contribution is 2.35. The second-order valence-electron chi connectivity index (χ2n) is 4.63. The summed E-state index contributed by atoms with van der Waals surface area (Å²) in [5.41, 5.74) is 8.96. The Morgan fingerprint density at radius 2 is 1.76 bits per heavy atom. The first-order valence-electron chi connectivity index (χ1n) is 6.36. The zero-order valence-electron chi connectivity index (χ0n) is 12.0. The van der Waals surface area contributed by atoms with Gasteiger partial charge in [0.15, 0.2) is 17.3 Å². The van der Waals surface area contributed by atoms with Crippen molar-refractivity contribution in [2.45, 2.75) is 6.92 Å². The lowest BCUT2D eigenvalue weighted by molar-refractivity contribution is 0.356. The van der Waals surface area contributed by atoms with Gasteiger partial charge in [-0.3, -0.25) is 0 Å². The van der Waals surface area contributed by atoms with E-state index in [-0.39, 0.29) is 0 Å². The summed E-state index contributed by atoms with van der Waals surface area (Å²) >= 11 is 1.62. The first-order valence-corrected chi connectivity index (χ1v) is 7.30.